The molecule has 7 heteroatoms. The minimum Gasteiger partial charge on any atom is -0.320 e. The molecule has 4 rings (SSSR count). The van der Waals surface area contributed by atoms with Crippen LogP contribution in [0.4, 0.5) is 14.9 Å². The molecule has 134 valence electrons. The van der Waals surface area contributed by atoms with Gasteiger partial charge in [0.2, 0.25) is 0 Å². The van der Waals surface area contributed by atoms with Gasteiger partial charge in [-0.1, -0.05) is 0 Å². The number of amides is 2. The number of nitrogens with one attached hydrogen (secondary N) is 1. The molecule has 0 fully saturated rings. The minimum absolute atomic E-state index is 0.208. The Kier molecular flexibility index (Phi) is 4.24. The van der Waals surface area contributed by atoms with Gasteiger partial charge in [-0.25, -0.2) is 13.9 Å². The Morgan fingerprint density at radius 3 is 2.85 bits per heavy atom. The van der Waals surface area contributed by atoms with Gasteiger partial charge in [-0.3, -0.25) is 0 Å². The molecule has 0 radical (unpaired) electrons. The molecular formula is C19H19FN4OS. The molecule has 0 unspecified atom stereocenters. The van der Waals surface area contributed by atoms with Crippen LogP contribution in [-0.4, -0.2) is 27.3 Å². The Bertz CT molecular complexity index is 978. The first-order valence-corrected chi connectivity index (χ1v) is 9.33. The van der Waals surface area contributed by atoms with Gasteiger partial charge in [0.15, 0.2) is 5.82 Å². The minimum atomic E-state index is -0.423. The van der Waals surface area contributed by atoms with Crippen LogP contribution < -0.4 is 5.32 Å². The number of thiophene rings is 1. The van der Waals surface area contributed by atoms with E-state index in [0.29, 0.717) is 24.5 Å². The van der Waals surface area contributed by atoms with Crippen molar-refractivity contribution in [2.45, 2.75) is 26.8 Å². The summed E-state index contributed by atoms with van der Waals surface area (Å²) in [7, 11) is 0. The molecule has 3 aromatic rings. The molecule has 0 saturated carbocycles. The van der Waals surface area contributed by atoms with Crippen LogP contribution in [0.15, 0.2) is 35.7 Å². The number of hydrogen-bond donors (Lipinski definition) is 1. The van der Waals surface area contributed by atoms with E-state index in [9.17, 15) is 9.18 Å². The third kappa shape index (κ3) is 3.10. The van der Waals surface area contributed by atoms with Gasteiger partial charge < -0.3 is 10.2 Å². The Labute approximate surface area is 155 Å². The van der Waals surface area contributed by atoms with E-state index in [1.165, 1.54) is 16.5 Å². The molecule has 0 spiro atoms. The van der Waals surface area contributed by atoms with E-state index in [0.717, 1.165) is 17.8 Å². The molecule has 2 amide bonds. The summed E-state index contributed by atoms with van der Waals surface area (Å²) >= 11 is 1.73. The molecule has 3 heterocycles. The monoisotopic (exact) mass is 370 g/mol. The fraction of sp³-hybridized carbons (Fsp3) is 0.263. The number of carbonyl (C=O) groups excluding carboxylic acids is 1. The van der Waals surface area contributed by atoms with Crippen LogP contribution in [0.3, 0.4) is 0 Å². The highest BCUT2D eigenvalue weighted by Gasteiger charge is 2.21. The van der Waals surface area contributed by atoms with Crippen LogP contribution in [0.25, 0.3) is 5.69 Å². The number of benzene rings is 1. The van der Waals surface area contributed by atoms with Crippen molar-refractivity contribution in [3.05, 3.63) is 63.4 Å². The van der Waals surface area contributed by atoms with Crippen molar-refractivity contribution < 1.29 is 9.18 Å². The van der Waals surface area contributed by atoms with Crippen LogP contribution in [0.1, 0.15) is 21.8 Å². The van der Waals surface area contributed by atoms with Gasteiger partial charge in [0.05, 0.1) is 5.69 Å². The molecule has 0 bridgehead atoms. The summed E-state index contributed by atoms with van der Waals surface area (Å²) in [4.78, 5) is 15.6. The highest BCUT2D eigenvalue weighted by Crippen LogP contribution is 2.25. The van der Waals surface area contributed by atoms with Crippen LogP contribution in [0.5, 0.6) is 0 Å². The normalized spacial score (nSPS) is 13.6. The van der Waals surface area contributed by atoms with Crippen LogP contribution >= 0.6 is 11.3 Å². The van der Waals surface area contributed by atoms with E-state index in [1.807, 2.05) is 19.9 Å². The lowest BCUT2D eigenvalue weighted by Gasteiger charge is -2.27. The Hall–Kier alpha value is -2.67. The van der Waals surface area contributed by atoms with Gasteiger partial charge in [-0.05, 0) is 61.5 Å². The predicted molar refractivity (Wildman–Crippen MR) is 100 cm³/mol. The summed E-state index contributed by atoms with van der Waals surface area (Å²) in [6, 6.07) is 8.42. The standard InChI is InChI=1S/C19H19FN4OS/c1-12-9-13(2)24(22-12)17-4-3-15(10-16(17)20)21-19(25)23-7-5-18-14(11-23)6-8-26-18/h3-4,6,8-10H,5,7,11H2,1-2H3,(H,21,25). The lowest BCUT2D eigenvalue weighted by atomic mass is 10.1. The molecule has 1 aliphatic heterocycles. The molecule has 1 aliphatic rings. The molecule has 0 saturated heterocycles. The first-order chi connectivity index (χ1) is 12.5. The fourth-order valence-electron chi connectivity index (χ4n) is 3.25. The largest absolute Gasteiger partial charge is 0.322 e. The van der Waals surface area contributed by atoms with Crippen molar-refractivity contribution in [2.24, 2.45) is 0 Å². The molecule has 1 N–H and O–H groups in total. The number of fused-ring (bicyclic) bond motifs is 1. The van der Waals surface area contributed by atoms with Crippen molar-refractivity contribution in [1.29, 1.82) is 0 Å². The summed E-state index contributed by atoms with van der Waals surface area (Å²) in [5.74, 6) is -0.423. The summed E-state index contributed by atoms with van der Waals surface area (Å²) in [6.45, 7) is 5.01. The summed E-state index contributed by atoms with van der Waals surface area (Å²) < 4.78 is 16.1. The van der Waals surface area contributed by atoms with Crippen molar-refractivity contribution in [3.63, 3.8) is 0 Å². The Morgan fingerprint density at radius 2 is 2.12 bits per heavy atom. The molecule has 1 aromatic carbocycles. The molecule has 0 atom stereocenters. The highest BCUT2D eigenvalue weighted by atomic mass is 32.1. The summed E-state index contributed by atoms with van der Waals surface area (Å²) in [6.07, 6.45) is 0.867. The van der Waals surface area contributed by atoms with E-state index in [2.05, 4.69) is 21.9 Å². The van der Waals surface area contributed by atoms with Gasteiger partial charge in [0.25, 0.3) is 0 Å². The maximum Gasteiger partial charge on any atom is 0.322 e. The van der Waals surface area contributed by atoms with Gasteiger partial charge >= 0.3 is 6.03 Å². The van der Waals surface area contributed by atoms with Gasteiger partial charge in [-0.15, -0.1) is 11.3 Å². The second kappa shape index (κ2) is 6.57. The maximum atomic E-state index is 14.5. The van der Waals surface area contributed by atoms with Crippen molar-refractivity contribution >= 4 is 23.1 Å². The third-order valence-corrected chi connectivity index (χ3v) is 5.55. The second-order valence-electron chi connectivity index (χ2n) is 6.48. The number of carbonyl (C=O) groups is 1. The van der Waals surface area contributed by atoms with Crippen LogP contribution in [-0.2, 0) is 13.0 Å². The first-order valence-electron chi connectivity index (χ1n) is 8.45. The molecule has 5 nitrogen and oxygen atoms in total. The lowest BCUT2D eigenvalue weighted by molar-refractivity contribution is 0.207. The molecule has 2 aromatic heterocycles. The van der Waals surface area contributed by atoms with E-state index in [1.54, 1.807) is 33.1 Å². The topological polar surface area (TPSA) is 50.2 Å². The van der Waals surface area contributed by atoms with E-state index >= 15 is 0 Å². The first kappa shape index (κ1) is 16.8. The van der Waals surface area contributed by atoms with Gasteiger partial charge in [0, 0.05) is 29.3 Å². The SMILES string of the molecule is Cc1cc(C)n(-c2ccc(NC(=O)N3CCc4sccc4C3)cc2F)n1. The zero-order valence-electron chi connectivity index (χ0n) is 14.6. The fourth-order valence-corrected chi connectivity index (χ4v) is 4.14. The second-order valence-corrected chi connectivity index (χ2v) is 7.48. The third-order valence-electron chi connectivity index (χ3n) is 4.53. The number of anilines is 1. The highest BCUT2D eigenvalue weighted by molar-refractivity contribution is 7.10. The number of nitrogens with zero attached hydrogens (tertiary/aromatic N) is 3. The molecular weight excluding hydrogens is 351 g/mol. The quantitative estimate of drug-likeness (QED) is 0.732. The van der Waals surface area contributed by atoms with E-state index in [4.69, 9.17) is 0 Å². The number of aromatic nitrogens is 2. The van der Waals surface area contributed by atoms with Crippen molar-refractivity contribution in [3.8, 4) is 5.69 Å². The predicted octanol–water partition coefficient (Wildman–Crippen LogP) is 4.28. The number of urea groups is 1. The molecule has 0 aliphatic carbocycles. The zero-order valence-corrected chi connectivity index (χ0v) is 15.4. The van der Waals surface area contributed by atoms with Crippen molar-refractivity contribution in [2.75, 3.05) is 11.9 Å². The van der Waals surface area contributed by atoms with Crippen molar-refractivity contribution in [1.82, 2.24) is 14.7 Å². The summed E-state index contributed by atoms with van der Waals surface area (Å²) in [5, 5.41) is 9.15. The molecule has 26 heavy (non-hydrogen) atoms. The smallest absolute Gasteiger partial charge is 0.320 e. The number of rotatable bonds is 2. The number of aryl methyl sites for hydroxylation is 2. The average molecular weight is 370 g/mol. The zero-order chi connectivity index (χ0) is 18.3. The van der Waals surface area contributed by atoms with Crippen LogP contribution in [0, 0.1) is 19.7 Å². The maximum absolute atomic E-state index is 14.5. The van der Waals surface area contributed by atoms with Crippen LogP contribution in [0.2, 0.25) is 0 Å². The number of hydrogen-bond acceptors (Lipinski definition) is 3. The summed E-state index contributed by atoms with van der Waals surface area (Å²) in [5.41, 5.74) is 3.70. The van der Waals surface area contributed by atoms with E-state index < -0.39 is 5.82 Å². The van der Waals surface area contributed by atoms with Gasteiger partial charge in [0.1, 0.15) is 5.69 Å². The average Bonchev–Trinajstić information content (AvgIpc) is 3.20. The number of halogens is 1. The lowest BCUT2D eigenvalue weighted by Crippen LogP contribution is -2.38. The van der Waals surface area contributed by atoms with Gasteiger partial charge in [-0.2, -0.15) is 5.10 Å². The Balaban J connectivity index is 1.50. The Morgan fingerprint density at radius 1 is 1.27 bits per heavy atom. The van der Waals surface area contributed by atoms with E-state index in [-0.39, 0.29) is 6.03 Å².